The van der Waals surface area contributed by atoms with Crippen LogP contribution in [0.2, 0.25) is 5.02 Å². The van der Waals surface area contributed by atoms with E-state index in [-0.39, 0.29) is 16.3 Å². The van der Waals surface area contributed by atoms with Gasteiger partial charge in [0.1, 0.15) is 5.82 Å². The third kappa shape index (κ3) is 4.03. The second kappa shape index (κ2) is 5.32. The zero-order valence-electron chi connectivity index (χ0n) is 10.1. The summed E-state index contributed by atoms with van der Waals surface area (Å²) in [6.07, 6.45) is -3.69. The number of rotatable bonds is 4. The van der Waals surface area contributed by atoms with Crippen molar-refractivity contribution >= 4 is 17.4 Å². The number of hydrogen-bond acceptors (Lipinski definition) is 3. The predicted molar refractivity (Wildman–Crippen MR) is 65.6 cm³/mol. The summed E-state index contributed by atoms with van der Waals surface area (Å²) >= 11 is 5.75. The summed E-state index contributed by atoms with van der Waals surface area (Å²) in [6.45, 7) is 4.77. The summed E-state index contributed by atoms with van der Waals surface area (Å²) in [7, 11) is 0. The number of nitrogens with two attached hydrogens (primary N) is 1. The number of nitrogens with one attached hydrogen (secondary N) is 1. The van der Waals surface area contributed by atoms with Crippen molar-refractivity contribution < 1.29 is 13.2 Å². The standard InChI is InChI=1S/C11H15ClF3N3/c1-10(2,5-16)6-18-9-8(12)3-7(4-17-9)11(13,14)15/h3-4H,5-6,16H2,1-2H3,(H,17,18). The molecule has 102 valence electrons. The van der Waals surface area contributed by atoms with Crippen LogP contribution in [0.5, 0.6) is 0 Å². The van der Waals surface area contributed by atoms with Crippen LogP contribution >= 0.6 is 11.6 Å². The van der Waals surface area contributed by atoms with E-state index >= 15 is 0 Å². The van der Waals surface area contributed by atoms with E-state index in [4.69, 9.17) is 17.3 Å². The van der Waals surface area contributed by atoms with Crippen LogP contribution in [0.4, 0.5) is 19.0 Å². The maximum atomic E-state index is 12.4. The van der Waals surface area contributed by atoms with E-state index in [1.165, 1.54) is 0 Å². The number of pyridine rings is 1. The molecule has 1 heterocycles. The van der Waals surface area contributed by atoms with Crippen molar-refractivity contribution in [3.8, 4) is 0 Å². The van der Waals surface area contributed by atoms with Crippen molar-refractivity contribution in [1.82, 2.24) is 4.98 Å². The summed E-state index contributed by atoms with van der Waals surface area (Å²) in [6, 6.07) is 0.854. The molecule has 0 amide bonds. The van der Waals surface area contributed by atoms with Gasteiger partial charge in [0, 0.05) is 12.7 Å². The Kier molecular flexibility index (Phi) is 4.45. The van der Waals surface area contributed by atoms with Gasteiger partial charge in [-0.2, -0.15) is 13.2 Å². The Balaban J connectivity index is 2.81. The fourth-order valence-electron chi connectivity index (χ4n) is 1.12. The molecule has 0 aliphatic heterocycles. The van der Waals surface area contributed by atoms with Gasteiger partial charge in [-0.15, -0.1) is 0 Å². The van der Waals surface area contributed by atoms with Gasteiger partial charge in [0.05, 0.1) is 10.6 Å². The van der Waals surface area contributed by atoms with E-state index in [9.17, 15) is 13.2 Å². The molecule has 0 bridgehead atoms. The minimum absolute atomic E-state index is 0.0577. The lowest BCUT2D eigenvalue weighted by Gasteiger charge is -2.23. The molecular formula is C11H15ClF3N3. The van der Waals surface area contributed by atoms with Gasteiger partial charge < -0.3 is 11.1 Å². The Bertz CT molecular complexity index is 418. The van der Waals surface area contributed by atoms with Crippen molar-refractivity contribution in [3.05, 3.63) is 22.8 Å². The SMILES string of the molecule is CC(C)(CN)CNc1ncc(C(F)(F)F)cc1Cl. The second-order valence-corrected chi connectivity index (χ2v) is 5.18. The first kappa shape index (κ1) is 15.0. The fourth-order valence-corrected chi connectivity index (χ4v) is 1.35. The highest BCUT2D eigenvalue weighted by molar-refractivity contribution is 6.32. The van der Waals surface area contributed by atoms with Gasteiger partial charge in [-0.25, -0.2) is 4.98 Å². The maximum Gasteiger partial charge on any atom is 0.417 e. The van der Waals surface area contributed by atoms with Gasteiger partial charge in [-0.05, 0) is 18.0 Å². The number of alkyl halides is 3. The highest BCUT2D eigenvalue weighted by Gasteiger charge is 2.31. The number of hydrogen-bond donors (Lipinski definition) is 2. The molecule has 0 saturated carbocycles. The van der Waals surface area contributed by atoms with Crippen molar-refractivity contribution in [2.24, 2.45) is 11.1 Å². The van der Waals surface area contributed by atoms with Crippen molar-refractivity contribution in [2.45, 2.75) is 20.0 Å². The first-order valence-corrected chi connectivity index (χ1v) is 5.70. The van der Waals surface area contributed by atoms with Gasteiger partial charge in [0.25, 0.3) is 0 Å². The number of halogens is 4. The summed E-state index contributed by atoms with van der Waals surface area (Å²) in [5.74, 6) is 0.228. The monoisotopic (exact) mass is 281 g/mol. The topological polar surface area (TPSA) is 50.9 Å². The largest absolute Gasteiger partial charge is 0.417 e. The van der Waals surface area contributed by atoms with Gasteiger partial charge in [0.2, 0.25) is 0 Å². The van der Waals surface area contributed by atoms with Crippen LogP contribution in [0.1, 0.15) is 19.4 Å². The van der Waals surface area contributed by atoms with Crippen LogP contribution in [0, 0.1) is 5.41 Å². The first-order valence-electron chi connectivity index (χ1n) is 5.32. The van der Waals surface area contributed by atoms with Gasteiger partial charge >= 0.3 is 6.18 Å². The van der Waals surface area contributed by atoms with E-state index in [1.807, 2.05) is 13.8 Å². The molecule has 1 aromatic rings. The Morgan fingerprint density at radius 1 is 1.39 bits per heavy atom. The molecule has 0 aliphatic rings. The highest BCUT2D eigenvalue weighted by atomic mass is 35.5. The van der Waals surface area contributed by atoms with Crippen LogP contribution < -0.4 is 11.1 Å². The molecule has 7 heteroatoms. The summed E-state index contributed by atoms with van der Waals surface area (Å²) in [5, 5.41) is 2.83. The van der Waals surface area contributed by atoms with E-state index < -0.39 is 11.7 Å². The molecule has 0 unspecified atom stereocenters. The molecule has 3 nitrogen and oxygen atoms in total. The van der Waals surface area contributed by atoms with Crippen LogP contribution in [-0.4, -0.2) is 18.1 Å². The molecule has 0 atom stereocenters. The summed E-state index contributed by atoms with van der Waals surface area (Å²) < 4.78 is 37.2. The highest BCUT2D eigenvalue weighted by Crippen LogP contribution is 2.32. The molecule has 0 aliphatic carbocycles. The fraction of sp³-hybridized carbons (Fsp3) is 0.545. The van der Waals surface area contributed by atoms with Crippen LogP contribution in [-0.2, 0) is 6.18 Å². The van der Waals surface area contributed by atoms with Gasteiger partial charge in [0.15, 0.2) is 0 Å². The normalized spacial score (nSPS) is 12.6. The molecule has 0 fully saturated rings. The van der Waals surface area contributed by atoms with Gasteiger partial charge in [-0.1, -0.05) is 25.4 Å². The molecule has 0 aromatic carbocycles. The number of aromatic nitrogens is 1. The third-order valence-corrected chi connectivity index (χ3v) is 2.74. The summed E-state index contributed by atoms with van der Waals surface area (Å²) in [4.78, 5) is 3.68. The van der Waals surface area contributed by atoms with Crippen molar-refractivity contribution in [3.63, 3.8) is 0 Å². The minimum atomic E-state index is -4.44. The molecule has 0 radical (unpaired) electrons. The molecule has 0 spiro atoms. The minimum Gasteiger partial charge on any atom is -0.368 e. The van der Waals surface area contributed by atoms with E-state index in [1.54, 1.807) is 0 Å². The van der Waals surface area contributed by atoms with E-state index in [0.29, 0.717) is 13.1 Å². The molecule has 0 saturated heterocycles. The van der Waals surface area contributed by atoms with Crippen LogP contribution in [0.15, 0.2) is 12.3 Å². The first-order chi connectivity index (χ1) is 8.15. The zero-order chi connectivity index (χ0) is 14.0. The molecule has 3 N–H and O–H groups in total. The average Bonchev–Trinajstić information content (AvgIpc) is 2.26. The lowest BCUT2D eigenvalue weighted by Crippen LogP contribution is -2.31. The molecular weight excluding hydrogens is 267 g/mol. The number of anilines is 1. The summed E-state index contributed by atoms with van der Waals surface area (Å²) in [5.41, 5.74) is 4.50. The van der Waals surface area contributed by atoms with Crippen molar-refractivity contribution in [1.29, 1.82) is 0 Å². The predicted octanol–water partition coefficient (Wildman–Crippen LogP) is 3.15. The zero-order valence-corrected chi connectivity index (χ0v) is 10.9. The quantitative estimate of drug-likeness (QED) is 0.891. The number of nitrogens with zero attached hydrogens (tertiary/aromatic N) is 1. The smallest absolute Gasteiger partial charge is 0.368 e. The van der Waals surface area contributed by atoms with E-state index in [0.717, 1.165) is 12.3 Å². The van der Waals surface area contributed by atoms with E-state index in [2.05, 4.69) is 10.3 Å². The average molecular weight is 282 g/mol. The Labute approximate surface area is 109 Å². The van der Waals surface area contributed by atoms with Crippen molar-refractivity contribution in [2.75, 3.05) is 18.4 Å². The molecule has 1 aromatic heterocycles. The third-order valence-electron chi connectivity index (χ3n) is 2.46. The molecule has 18 heavy (non-hydrogen) atoms. The van der Waals surface area contributed by atoms with Crippen LogP contribution in [0.25, 0.3) is 0 Å². The Morgan fingerprint density at radius 2 is 2.00 bits per heavy atom. The Morgan fingerprint density at radius 3 is 2.44 bits per heavy atom. The lowest BCUT2D eigenvalue weighted by molar-refractivity contribution is -0.137. The second-order valence-electron chi connectivity index (χ2n) is 4.77. The lowest BCUT2D eigenvalue weighted by atomic mass is 9.94. The maximum absolute atomic E-state index is 12.4. The molecule has 1 rings (SSSR count). The van der Waals surface area contributed by atoms with Gasteiger partial charge in [-0.3, -0.25) is 0 Å². The van der Waals surface area contributed by atoms with Crippen LogP contribution in [0.3, 0.4) is 0 Å². The Hall–Kier alpha value is -1.01.